The van der Waals surface area contributed by atoms with Crippen LogP contribution in [0.1, 0.15) is 18.1 Å². The summed E-state index contributed by atoms with van der Waals surface area (Å²) in [5.74, 6) is -0.595. The molecule has 0 heterocycles. The van der Waals surface area contributed by atoms with Crippen molar-refractivity contribution in [2.45, 2.75) is 22.9 Å². The molecule has 0 aliphatic heterocycles. The predicted octanol–water partition coefficient (Wildman–Crippen LogP) is 6.20. The van der Waals surface area contributed by atoms with Crippen LogP contribution in [0.4, 0.5) is 13.2 Å². The molecule has 0 saturated carbocycles. The molecule has 0 unspecified atom stereocenters. The smallest absolute Gasteiger partial charge is 0.417 e. The van der Waals surface area contributed by atoms with Crippen LogP contribution in [-0.2, 0) is 15.7 Å². The fourth-order valence-corrected chi connectivity index (χ4v) is 3.46. The maximum absolute atomic E-state index is 13.4. The average Bonchev–Trinajstić information content (AvgIpc) is 2.55. The Morgan fingerprint density at radius 2 is 1.92 bits per heavy atom. The van der Waals surface area contributed by atoms with Crippen molar-refractivity contribution in [2.24, 2.45) is 0 Å². The molecule has 2 aromatic carbocycles. The summed E-state index contributed by atoms with van der Waals surface area (Å²) in [7, 11) is 0. The fraction of sp³-hybridized carbons (Fsp3) is 0.167. The fourth-order valence-electron chi connectivity index (χ4n) is 1.96. The van der Waals surface area contributed by atoms with Crippen LogP contribution in [0.3, 0.4) is 0 Å². The number of benzene rings is 2. The second kappa shape index (κ2) is 8.58. The molecule has 132 valence electrons. The summed E-state index contributed by atoms with van der Waals surface area (Å²) < 4.78 is 45.7. The number of rotatable bonds is 5. The van der Waals surface area contributed by atoms with E-state index in [9.17, 15) is 18.0 Å². The van der Waals surface area contributed by atoms with Gasteiger partial charge in [-0.25, -0.2) is 4.79 Å². The summed E-state index contributed by atoms with van der Waals surface area (Å²) in [5.41, 5.74) is -0.476. The number of ether oxygens (including phenoxy) is 1. The second-order valence-corrected chi connectivity index (χ2v) is 6.81. The first-order chi connectivity index (χ1) is 11.8. The molecule has 25 heavy (non-hydrogen) atoms. The Hall–Kier alpha value is -1.73. The molecular weight excluding hydrogens is 417 g/mol. The Kier molecular flexibility index (Phi) is 6.72. The van der Waals surface area contributed by atoms with Crippen LogP contribution < -0.4 is 0 Å². The summed E-state index contributed by atoms with van der Waals surface area (Å²) in [5, 5.41) is 0. The summed E-state index contributed by atoms with van der Waals surface area (Å²) >= 11 is 4.36. The molecule has 0 atom stereocenters. The summed E-state index contributed by atoms with van der Waals surface area (Å²) in [6, 6.07) is 11.0. The lowest BCUT2D eigenvalue weighted by Crippen LogP contribution is -2.07. The number of alkyl halides is 3. The highest BCUT2D eigenvalue weighted by Gasteiger charge is 2.34. The van der Waals surface area contributed by atoms with Crippen molar-refractivity contribution >= 4 is 39.7 Å². The minimum absolute atomic E-state index is 0.0904. The third-order valence-electron chi connectivity index (χ3n) is 3.06. The van der Waals surface area contributed by atoms with Crippen LogP contribution in [0.15, 0.2) is 62.8 Å². The summed E-state index contributed by atoms with van der Waals surface area (Å²) in [6.45, 7) is 1.86. The van der Waals surface area contributed by atoms with Crippen molar-refractivity contribution in [2.75, 3.05) is 6.61 Å². The molecular formula is C18H14BrF3O2S. The van der Waals surface area contributed by atoms with Gasteiger partial charge >= 0.3 is 12.1 Å². The third-order valence-corrected chi connectivity index (χ3v) is 5.17. The Morgan fingerprint density at radius 1 is 1.20 bits per heavy atom. The molecule has 0 fully saturated rings. The standard InChI is InChI=1S/C18H14BrF3O2S/c1-2-24-17(23)10-8-12-7-9-15(13(11-12)18(20,21)22)25-16-6-4-3-5-14(16)19/h3-11H,2H2,1H3/b10-8+. The highest BCUT2D eigenvalue weighted by Crippen LogP contribution is 2.41. The van der Waals surface area contributed by atoms with E-state index in [1.807, 2.05) is 0 Å². The Balaban J connectivity index is 2.35. The van der Waals surface area contributed by atoms with Gasteiger partial charge in [-0.3, -0.25) is 0 Å². The first-order valence-electron chi connectivity index (χ1n) is 7.29. The Morgan fingerprint density at radius 3 is 2.56 bits per heavy atom. The predicted molar refractivity (Wildman–Crippen MR) is 95.4 cm³/mol. The Labute approximate surface area is 156 Å². The lowest BCUT2D eigenvalue weighted by atomic mass is 10.1. The molecule has 0 N–H and O–H groups in total. The molecule has 0 amide bonds. The van der Waals surface area contributed by atoms with Crippen molar-refractivity contribution in [3.05, 3.63) is 64.1 Å². The van der Waals surface area contributed by atoms with Gasteiger partial charge in [-0.2, -0.15) is 13.2 Å². The molecule has 0 aliphatic rings. The van der Waals surface area contributed by atoms with Gasteiger partial charge in [0.1, 0.15) is 0 Å². The van der Waals surface area contributed by atoms with E-state index in [2.05, 4.69) is 15.9 Å². The van der Waals surface area contributed by atoms with Gasteiger partial charge in [0, 0.05) is 20.3 Å². The average molecular weight is 431 g/mol. The normalized spacial score (nSPS) is 11.7. The Bertz CT molecular complexity index is 788. The van der Waals surface area contributed by atoms with Gasteiger partial charge < -0.3 is 4.74 Å². The third kappa shape index (κ3) is 5.64. The zero-order valence-corrected chi connectivity index (χ0v) is 15.5. The van der Waals surface area contributed by atoms with Gasteiger partial charge in [0.05, 0.1) is 12.2 Å². The molecule has 0 aliphatic carbocycles. The van der Waals surface area contributed by atoms with Crippen molar-refractivity contribution in [1.29, 1.82) is 0 Å². The van der Waals surface area contributed by atoms with Crippen LogP contribution in [-0.4, -0.2) is 12.6 Å². The summed E-state index contributed by atoms with van der Waals surface area (Å²) in [6.07, 6.45) is -2.09. The van der Waals surface area contributed by atoms with Crippen molar-refractivity contribution in [3.8, 4) is 0 Å². The molecule has 2 nitrogen and oxygen atoms in total. The van der Waals surface area contributed by atoms with Gasteiger partial charge in [-0.1, -0.05) is 30.0 Å². The minimum Gasteiger partial charge on any atom is -0.463 e. The first kappa shape index (κ1) is 19.6. The molecule has 0 bridgehead atoms. The van der Waals surface area contributed by atoms with Crippen LogP contribution in [0.5, 0.6) is 0 Å². The van der Waals surface area contributed by atoms with Gasteiger partial charge in [0.2, 0.25) is 0 Å². The van der Waals surface area contributed by atoms with Crippen LogP contribution >= 0.6 is 27.7 Å². The van der Waals surface area contributed by atoms with E-state index < -0.39 is 17.7 Å². The lowest BCUT2D eigenvalue weighted by Gasteiger charge is -2.14. The molecule has 2 aromatic rings. The minimum atomic E-state index is -4.50. The number of esters is 1. The van der Waals surface area contributed by atoms with E-state index >= 15 is 0 Å². The van der Waals surface area contributed by atoms with Crippen LogP contribution in [0, 0.1) is 0 Å². The van der Waals surface area contributed by atoms with Gasteiger partial charge in [0.25, 0.3) is 0 Å². The second-order valence-electron chi connectivity index (χ2n) is 4.87. The molecule has 0 spiro atoms. The van der Waals surface area contributed by atoms with E-state index in [1.165, 1.54) is 18.2 Å². The highest BCUT2D eigenvalue weighted by atomic mass is 79.9. The van der Waals surface area contributed by atoms with E-state index in [-0.39, 0.29) is 17.1 Å². The van der Waals surface area contributed by atoms with E-state index in [1.54, 1.807) is 31.2 Å². The molecule has 0 saturated heterocycles. The molecule has 2 rings (SSSR count). The first-order valence-corrected chi connectivity index (χ1v) is 8.90. The number of carbonyl (C=O) groups is 1. The van der Waals surface area contributed by atoms with Gasteiger partial charge in [-0.05, 0) is 58.8 Å². The number of halogens is 4. The van der Waals surface area contributed by atoms with Crippen LogP contribution in [0.25, 0.3) is 6.08 Å². The number of hydrogen-bond donors (Lipinski definition) is 0. The molecule has 7 heteroatoms. The van der Waals surface area contributed by atoms with Crippen molar-refractivity contribution < 1.29 is 22.7 Å². The zero-order valence-electron chi connectivity index (χ0n) is 13.1. The maximum atomic E-state index is 13.4. The van der Waals surface area contributed by atoms with E-state index in [0.29, 0.717) is 4.90 Å². The molecule has 0 radical (unpaired) electrons. The number of hydrogen-bond acceptors (Lipinski definition) is 3. The largest absolute Gasteiger partial charge is 0.463 e. The van der Waals surface area contributed by atoms with Crippen LogP contribution in [0.2, 0.25) is 0 Å². The van der Waals surface area contributed by atoms with Crippen molar-refractivity contribution in [3.63, 3.8) is 0 Å². The monoisotopic (exact) mass is 430 g/mol. The highest BCUT2D eigenvalue weighted by molar-refractivity contribution is 9.10. The van der Waals surface area contributed by atoms with Crippen molar-refractivity contribution in [1.82, 2.24) is 0 Å². The van der Waals surface area contributed by atoms with E-state index in [0.717, 1.165) is 28.4 Å². The lowest BCUT2D eigenvalue weighted by molar-refractivity contribution is -0.140. The SMILES string of the molecule is CCOC(=O)/C=C/c1ccc(Sc2ccccc2Br)c(C(F)(F)F)c1. The maximum Gasteiger partial charge on any atom is 0.417 e. The number of carbonyl (C=O) groups excluding carboxylic acids is 1. The topological polar surface area (TPSA) is 26.3 Å². The van der Waals surface area contributed by atoms with Gasteiger partial charge in [0.15, 0.2) is 0 Å². The molecule has 0 aromatic heterocycles. The summed E-state index contributed by atoms with van der Waals surface area (Å²) in [4.78, 5) is 12.1. The van der Waals surface area contributed by atoms with Gasteiger partial charge in [-0.15, -0.1) is 0 Å². The zero-order chi connectivity index (χ0) is 18.4. The quantitative estimate of drug-likeness (QED) is 0.417. The van der Waals surface area contributed by atoms with E-state index in [4.69, 9.17) is 4.74 Å².